The predicted octanol–water partition coefficient (Wildman–Crippen LogP) is 3.72. The Morgan fingerprint density at radius 3 is 2.62 bits per heavy atom. The lowest BCUT2D eigenvalue weighted by Crippen LogP contribution is -2.39. The number of amides is 1. The Kier molecular flexibility index (Phi) is 3.82. The molecule has 1 heterocycles. The van der Waals surface area contributed by atoms with Crippen molar-refractivity contribution < 1.29 is 9.53 Å². The van der Waals surface area contributed by atoms with Crippen molar-refractivity contribution in [2.45, 2.75) is 19.8 Å². The normalized spacial score (nSPS) is 18.8. The van der Waals surface area contributed by atoms with Crippen LogP contribution in [0.4, 0.5) is 0 Å². The zero-order chi connectivity index (χ0) is 14.8. The summed E-state index contributed by atoms with van der Waals surface area (Å²) in [6.45, 7) is 3.89. The highest BCUT2D eigenvalue weighted by Gasteiger charge is 2.24. The molecule has 0 unspecified atom stereocenters. The van der Waals surface area contributed by atoms with E-state index in [-0.39, 0.29) is 5.91 Å². The molecule has 0 radical (unpaired) electrons. The molecule has 1 atom stereocenters. The molecule has 2 aromatic rings. The number of carbonyl (C=O) groups excluding carboxylic acids is 1. The minimum atomic E-state index is 0.0872. The highest BCUT2D eigenvalue weighted by atomic mass is 16.5. The van der Waals surface area contributed by atoms with Gasteiger partial charge in [0.1, 0.15) is 5.75 Å². The molecule has 3 rings (SSSR count). The molecule has 0 bridgehead atoms. The fourth-order valence-electron chi connectivity index (χ4n) is 3.10. The van der Waals surface area contributed by atoms with Crippen LogP contribution in [-0.4, -0.2) is 31.0 Å². The fourth-order valence-corrected chi connectivity index (χ4v) is 3.10. The number of carbonyl (C=O) groups is 1. The third-order valence-electron chi connectivity index (χ3n) is 4.24. The lowest BCUT2D eigenvalue weighted by Gasteiger charge is -2.31. The second-order valence-electron chi connectivity index (χ2n) is 5.90. The first-order valence-electron chi connectivity index (χ1n) is 7.55. The highest BCUT2D eigenvalue weighted by molar-refractivity contribution is 6.01. The molecule has 21 heavy (non-hydrogen) atoms. The van der Waals surface area contributed by atoms with Crippen molar-refractivity contribution in [1.82, 2.24) is 4.90 Å². The Morgan fingerprint density at radius 2 is 1.95 bits per heavy atom. The first kappa shape index (κ1) is 13.9. The number of hydrogen-bond donors (Lipinski definition) is 0. The molecule has 3 nitrogen and oxygen atoms in total. The van der Waals surface area contributed by atoms with Crippen LogP contribution in [0.1, 0.15) is 30.1 Å². The zero-order valence-corrected chi connectivity index (χ0v) is 12.6. The summed E-state index contributed by atoms with van der Waals surface area (Å²) in [6.07, 6.45) is 2.29. The Morgan fingerprint density at radius 1 is 1.24 bits per heavy atom. The monoisotopic (exact) mass is 283 g/mol. The molecule has 0 aromatic heterocycles. The van der Waals surface area contributed by atoms with Crippen LogP contribution in [0.25, 0.3) is 10.8 Å². The minimum Gasteiger partial charge on any atom is -0.496 e. The third-order valence-corrected chi connectivity index (χ3v) is 4.24. The van der Waals surface area contributed by atoms with Gasteiger partial charge in [-0.15, -0.1) is 0 Å². The Labute approximate surface area is 125 Å². The van der Waals surface area contributed by atoms with Crippen LogP contribution in [0.2, 0.25) is 0 Å². The lowest BCUT2D eigenvalue weighted by molar-refractivity contribution is 0.0680. The molecule has 0 spiro atoms. The van der Waals surface area contributed by atoms with E-state index in [2.05, 4.69) is 6.92 Å². The van der Waals surface area contributed by atoms with Crippen molar-refractivity contribution in [3.05, 3.63) is 42.0 Å². The summed E-state index contributed by atoms with van der Waals surface area (Å²) in [6, 6.07) is 12.0. The molecule has 110 valence electrons. The Hall–Kier alpha value is -2.03. The number of benzene rings is 2. The maximum absolute atomic E-state index is 12.8. The topological polar surface area (TPSA) is 29.5 Å². The van der Waals surface area contributed by atoms with Crippen molar-refractivity contribution >= 4 is 16.7 Å². The number of methoxy groups -OCH3 is 1. The van der Waals surface area contributed by atoms with E-state index in [9.17, 15) is 4.79 Å². The van der Waals surface area contributed by atoms with E-state index in [0.717, 1.165) is 30.3 Å². The van der Waals surface area contributed by atoms with Crippen molar-refractivity contribution in [2.75, 3.05) is 20.2 Å². The first-order chi connectivity index (χ1) is 10.2. The second-order valence-corrected chi connectivity index (χ2v) is 5.90. The van der Waals surface area contributed by atoms with Crippen LogP contribution < -0.4 is 4.74 Å². The predicted molar refractivity (Wildman–Crippen MR) is 84.8 cm³/mol. The molecular formula is C18H21NO2. The van der Waals surface area contributed by atoms with Gasteiger partial charge in [0.25, 0.3) is 5.91 Å². The maximum Gasteiger partial charge on any atom is 0.257 e. The van der Waals surface area contributed by atoms with E-state index in [1.54, 1.807) is 7.11 Å². The van der Waals surface area contributed by atoms with Crippen molar-refractivity contribution in [3.8, 4) is 5.75 Å². The molecule has 0 saturated carbocycles. The van der Waals surface area contributed by atoms with E-state index >= 15 is 0 Å². The molecule has 2 aromatic carbocycles. The molecule has 0 aliphatic carbocycles. The number of fused-ring (bicyclic) bond motifs is 1. The van der Waals surface area contributed by atoms with Crippen LogP contribution in [0.5, 0.6) is 5.75 Å². The van der Waals surface area contributed by atoms with Gasteiger partial charge in [-0.3, -0.25) is 4.79 Å². The van der Waals surface area contributed by atoms with Gasteiger partial charge in [-0.1, -0.05) is 31.2 Å². The van der Waals surface area contributed by atoms with E-state index in [1.807, 2.05) is 41.3 Å². The van der Waals surface area contributed by atoms with Crippen molar-refractivity contribution in [2.24, 2.45) is 5.92 Å². The number of rotatable bonds is 2. The molecule has 1 saturated heterocycles. The third kappa shape index (κ3) is 2.73. The van der Waals surface area contributed by atoms with Crippen LogP contribution in [0.15, 0.2) is 36.4 Å². The summed E-state index contributed by atoms with van der Waals surface area (Å²) in [5.74, 6) is 1.33. The molecule has 3 heteroatoms. The van der Waals surface area contributed by atoms with Crippen LogP contribution in [-0.2, 0) is 0 Å². The van der Waals surface area contributed by atoms with Gasteiger partial charge >= 0.3 is 0 Å². The molecule has 1 aliphatic rings. The Balaban J connectivity index is 1.99. The fraction of sp³-hybridized carbons (Fsp3) is 0.389. The van der Waals surface area contributed by atoms with E-state index in [0.29, 0.717) is 17.2 Å². The average molecular weight is 283 g/mol. The summed E-state index contributed by atoms with van der Waals surface area (Å²) in [7, 11) is 1.62. The van der Waals surface area contributed by atoms with Gasteiger partial charge in [0.15, 0.2) is 0 Å². The summed E-state index contributed by atoms with van der Waals surface area (Å²) >= 11 is 0. The molecule has 1 amide bonds. The molecular weight excluding hydrogens is 262 g/mol. The highest BCUT2D eigenvalue weighted by Crippen LogP contribution is 2.28. The number of nitrogens with zero attached hydrogens (tertiary/aromatic N) is 1. The number of piperidine rings is 1. The van der Waals surface area contributed by atoms with Gasteiger partial charge in [-0.25, -0.2) is 0 Å². The smallest absolute Gasteiger partial charge is 0.257 e. The first-order valence-corrected chi connectivity index (χ1v) is 7.55. The number of likely N-dealkylation sites (tertiary alicyclic amines) is 1. The summed E-state index contributed by atoms with van der Waals surface area (Å²) in [5, 5.41) is 2.17. The van der Waals surface area contributed by atoms with E-state index in [1.165, 1.54) is 6.42 Å². The summed E-state index contributed by atoms with van der Waals surface area (Å²) < 4.78 is 5.44. The lowest BCUT2D eigenvalue weighted by atomic mass is 9.98. The minimum absolute atomic E-state index is 0.0872. The van der Waals surface area contributed by atoms with Crippen LogP contribution in [0, 0.1) is 5.92 Å². The number of hydrogen-bond acceptors (Lipinski definition) is 2. The van der Waals surface area contributed by atoms with Gasteiger partial charge < -0.3 is 9.64 Å². The van der Waals surface area contributed by atoms with Crippen molar-refractivity contribution in [3.63, 3.8) is 0 Å². The van der Waals surface area contributed by atoms with E-state index < -0.39 is 0 Å². The average Bonchev–Trinajstić information content (AvgIpc) is 2.53. The standard InChI is InChI=1S/C18H21NO2/c1-13-6-5-9-19(12-13)18(20)16-10-14-7-3-4-8-15(14)11-17(16)21-2/h3-4,7-8,10-11,13H,5-6,9,12H2,1-2H3/t13-/m0/s1. The largest absolute Gasteiger partial charge is 0.496 e. The van der Waals surface area contributed by atoms with Gasteiger partial charge in [-0.2, -0.15) is 0 Å². The molecule has 1 fully saturated rings. The summed E-state index contributed by atoms with van der Waals surface area (Å²) in [5.41, 5.74) is 0.672. The van der Waals surface area contributed by atoms with Gasteiger partial charge in [-0.05, 0) is 41.7 Å². The van der Waals surface area contributed by atoms with Gasteiger partial charge in [0.05, 0.1) is 12.7 Å². The zero-order valence-electron chi connectivity index (χ0n) is 12.6. The molecule has 0 N–H and O–H groups in total. The molecule has 1 aliphatic heterocycles. The quantitative estimate of drug-likeness (QED) is 0.840. The maximum atomic E-state index is 12.8. The number of ether oxygens (including phenoxy) is 1. The van der Waals surface area contributed by atoms with E-state index in [4.69, 9.17) is 4.74 Å². The van der Waals surface area contributed by atoms with Gasteiger partial charge in [0, 0.05) is 13.1 Å². The van der Waals surface area contributed by atoms with Crippen molar-refractivity contribution in [1.29, 1.82) is 0 Å². The second kappa shape index (κ2) is 5.76. The SMILES string of the molecule is COc1cc2ccccc2cc1C(=O)N1CCC[C@H](C)C1. The van der Waals surface area contributed by atoms with Gasteiger partial charge in [0.2, 0.25) is 0 Å². The van der Waals surface area contributed by atoms with Crippen LogP contribution in [0.3, 0.4) is 0 Å². The Bertz CT molecular complexity index is 665. The summed E-state index contributed by atoms with van der Waals surface area (Å²) in [4.78, 5) is 14.8. The van der Waals surface area contributed by atoms with Crippen LogP contribution >= 0.6 is 0 Å².